The summed E-state index contributed by atoms with van der Waals surface area (Å²) in [6, 6.07) is 9.85. The van der Waals surface area contributed by atoms with Crippen LogP contribution in [-0.4, -0.2) is 22.3 Å². The number of nitrogens with zero attached hydrogens (tertiary/aromatic N) is 2. The third kappa shape index (κ3) is 4.52. The normalized spacial score (nSPS) is 12.1. The Hall–Kier alpha value is -2.43. The van der Waals surface area contributed by atoms with Crippen molar-refractivity contribution in [2.24, 2.45) is 5.10 Å². The van der Waals surface area contributed by atoms with Crippen molar-refractivity contribution in [1.82, 2.24) is 15.6 Å². The Kier molecular flexibility index (Phi) is 4.98. The van der Waals surface area contributed by atoms with Gasteiger partial charge in [0.25, 0.3) is 5.91 Å². The van der Waals surface area contributed by atoms with Gasteiger partial charge in [0.05, 0.1) is 6.21 Å². The zero-order valence-corrected chi connectivity index (χ0v) is 14.3. The summed E-state index contributed by atoms with van der Waals surface area (Å²) >= 11 is 0. The van der Waals surface area contributed by atoms with Gasteiger partial charge >= 0.3 is 0 Å². The largest absolute Gasteiger partial charge is 0.291 e. The van der Waals surface area contributed by atoms with Crippen LogP contribution >= 0.6 is 0 Å². The van der Waals surface area contributed by atoms with E-state index in [1.54, 1.807) is 12.3 Å². The Bertz CT molecular complexity index is 691. The average Bonchev–Trinajstić information content (AvgIpc) is 2.97. The Morgan fingerprint density at radius 1 is 1.26 bits per heavy atom. The third-order valence-corrected chi connectivity index (χ3v) is 3.60. The average molecular weight is 312 g/mol. The van der Waals surface area contributed by atoms with Crippen LogP contribution in [0.25, 0.3) is 0 Å². The van der Waals surface area contributed by atoms with Crippen molar-refractivity contribution in [2.75, 3.05) is 0 Å². The van der Waals surface area contributed by atoms with Gasteiger partial charge in [0.1, 0.15) is 0 Å². The summed E-state index contributed by atoms with van der Waals surface area (Å²) in [5.74, 6) is 0.171. The summed E-state index contributed by atoms with van der Waals surface area (Å²) in [4.78, 5) is 12.0. The maximum absolute atomic E-state index is 12.0. The van der Waals surface area contributed by atoms with Crippen molar-refractivity contribution in [3.8, 4) is 0 Å². The molecule has 0 saturated carbocycles. The van der Waals surface area contributed by atoms with Crippen molar-refractivity contribution < 1.29 is 4.79 Å². The first-order valence-electron chi connectivity index (χ1n) is 7.76. The fourth-order valence-corrected chi connectivity index (χ4v) is 2.01. The number of hydrogen-bond acceptors (Lipinski definition) is 3. The van der Waals surface area contributed by atoms with Crippen LogP contribution in [0, 0.1) is 0 Å². The Morgan fingerprint density at radius 2 is 1.91 bits per heavy atom. The van der Waals surface area contributed by atoms with Crippen LogP contribution in [0.1, 0.15) is 67.8 Å². The van der Waals surface area contributed by atoms with Gasteiger partial charge in [0.2, 0.25) is 0 Å². The number of carbonyl (C=O) groups excluding carboxylic acids is 1. The summed E-state index contributed by atoms with van der Waals surface area (Å²) in [6.45, 7) is 10.5. The van der Waals surface area contributed by atoms with Gasteiger partial charge in [-0.15, -0.1) is 0 Å². The summed E-state index contributed by atoms with van der Waals surface area (Å²) in [6.07, 6.45) is 1.62. The molecule has 2 rings (SSSR count). The van der Waals surface area contributed by atoms with Crippen molar-refractivity contribution in [2.45, 2.75) is 46.0 Å². The second kappa shape index (κ2) is 6.77. The topological polar surface area (TPSA) is 70.1 Å². The number of nitrogens with one attached hydrogen (secondary N) is 2. The van der Waals surface area contributed by atoms with E-state index in [-0.39, 0.29) is 11.3 Å². The number of amides is 1. The maximum Gasteiger partial charge on any atom is 0.291 e. The van der Waals surface area contributed by atoms with Crippen LogP contribution in [0.5, 0.6) is 0 Å². The van der Waals surface area contributed by atoms with Crippen LogP contribution in [0.3, 0.4) is 0 Å². The molecular weight excluding hydrogens is 288 g/mol. The molecule has 5 heteroatoms. The van der Waals surface area contributed by atoms with Crippen molar-refractivity contribution in [3.63, 3.8) is 0 Å². The minimum absolute atomic E-state index is 0.0764. The fourth-order valence-electron chi connectivity index (χ4n) is 2.01. The van der Waals surface area contributed by atoms with Crippen LogP contribution in [0.4, 0.5) is 0 Å². The monoisotopic (exact) mass is 312 g/mol. The third-order valence-electron chi connectivity index (χ3n) is 3.60. The molecule has 0 aliphatic heterocycles. The molecule has 0 atom stereocenters. The molecule has 1 aromatic heterocycles. The molecule has 2 aromatic rings. The number of H-pyrrole nitrogens is 1. The first kappa shape index (κ1) is 16.9. The molecule has 0 bridgehead atoms. The molecule has 0 radical (unpaired) electrons. The van der Waals surface area contributed by atoms with E-state index in [9.17, 15) is 4.79 Å². The van der Waals surface area contributed by atoms with Crippen LogP contribution in [0.15, 0.2) is 35.4 Å². The number of aromatic nitrogens is 2. The smallest absolute Gasteiger partial charge is 0.281 e. The second-order valence-corrected chi connectivity index (χ2v) is 6.94. The van der Waals surface area contributed by atoms with Gasteiger partial charge < -0.3 is 0 Å². The van der Waals surface area contributed by atoms with Gasteiger partial charge in [0.15, 0.2) is 5.69 Å². The van der Waals surface area contributed by atoms with Crippen LogP contribution < -0.4 is 5.43 Å². The molecule has 0 aliphatic carbocycles. The predicted molar refractivity (Wildman–Crippen MR) is 92.9 cm³/mol. The van der Waals surface area contributed by atoms with Gasteiger partial charge in [-0.1, -0.05) is 58.9 Å². The first-order chi connectivity index (χ1) is 10.8. The van der Waals surface area contributed by atoms with Gasteiger partial charge in [0, 0.05) is 11.1 Å². The highest BCUT2D eigenvalue weighted by molar-refractivity contribution is 5.93. The fraction of sp³-hybridized carbons (Fsp3) is 0.389. The molecule has 1 amide bonds. The number of hydrogen-bond donors (Lipinski definition) is 2. The van der Waals surface area contributed by atoms with Crippen molar-refractivity contribution in [3.05, 3.63) is 52.8 Å². The number of rotatable bonds is 4. The van der Waals surface area contributed by atoms with E-state index in [2.05, 4.69) is 67.5 Å². The summed E-state index contributed by atoms with van der Waals surface area (Å²) < 4.78 is 0. The minimum Gasteiger partial charge on any atom is -0.281 e. The molecular formula is C18H24N4O. The molecule has 122 valence electrons. The summed E-state index contributed by atoms with van der Waals surface area (Å²) in [7, 11) is 0. The highest BCUT2D eigenvalue weighted by atomic mass is 16.2. The lowest BCUT2D eigenvalue weighted by molar-refractivity contribution is 0.0950. The van der Waals surface area contributed by atoms with Gasteiger partial charge in [-0.2, -0.15) is 10.2 Å². The Morgan fingerprint density at radius 3 is 2.43 bits per heavy atom. The zero-order chi connectivity index (χ0) is 17.0. The Balaban J connectivity index is 1.97. The number of benzene rings is 1. The summed E-state index contributed by atoms with van der Waals surface area (Å²) in [5, 5.41) is 10.9. The molecule has 0 aliphatic rings. The summed E-state index contributed by atoms with van der Waals surface area (Å²) in [5.41, 5.74) is 5.88. The molecule has 1 heterocycles. The van der Waals surface area contributed by atoms with Crippen molar-refractivity contribution in [1.29, 1.82) is 0 Å². The molecule has 2 N–H and O–H groups in total. The van der Waals surface area contributed by atoms with E-state index >= 15 is 0 Å². The van der Waals surface area contributed by atoms with E-state index in [4.69, 9.17) is 0 Å². The van der Waals surface area contributed by atoms with Crippen LogP contribution in [-0.2, 0) is 5.41 Å². The molecule has 1 aromatic carbocycles. The minimum atomic E-state index is -0.327. The number of hydrazone groups is 1. The first-order valence-corrected chi connectivity index (χ1v) is 7.76. The van der Waals surface area contributed by atoms with Gasteiger partial charge in [-0.3, -0.25) is 9.89 Å². The predicted octanol–water partition coefficient (Wildman–Crippen LogP) is 3.59. The second-order valence-electron chi connectivity index (χ2n) is 6.94. The molecule has 5 nitrogen and oxygen atoms in total. The highest BCUT2D eigenvalue weighted by Gasteiger charge is 2.19. The lowest BCUT2D eigenvalue weighted by atomic mass is 9.92. The van der Waals surface area contributed by atoms with E-state index in [1.165, 1.54) is 5.56 Å². The van der Waals surface area contributed by atoms with Crippen LogP contribution in [0.2, 0.25) is 0 Å². The molecule has 0 saturated heterocycles. The number of aromatic amines is 1. The Labute approximate surface area is 137 Å². The maximum atomic E-state index is 12.0. The van der Waals surface area contributed by atoms with Gasteiger partial charge in [-0.05, 0) is 23.1 Å². The van der Waals surface area contributed by atoms with E-state index in [0.29, 0.717) is 11.6 Å². The lowest BCUT2D eigenvalue weighted by Crippen LogP contribution is -2.18. The molecule has 0 unspecified atom stereocenters. The SMILES string of the molecule is CC(C)c1ccc(/C=N\NC(=O)c2cc(C(C)(C)C)[nH]n2)cc1. The highest BCUT2D eigenvalue weighted by Crippen LogP contribution is 2.20. The van der Waals surface area contributed by atoms with E-state index in [0.717, 1.165) is 11.3 Å². The van der Waals surface area contributed by atoms with E-state index in [1.807, 2.05) is 12.1 Å². The quantitative estimate of drug-likeness (QED) is 0.669. The van der Waals surface area contributed by atoms with Gasteiger partial charge in [-0.25, -0.2) is 5.43 Å². The lowest BCUT2D eigenvalue weighted by Gasteiger charge is -2.14. The molecule has 23 heavy (non-hydrogen) atoms. The standard InChI is InChI=1S/C18H24N4O/c1-12(2)14-8-6-13(7-9-14)11-19-22-17(23)15-10-16(21-20-15)18(3,4)5/h6-12H,1-5H3,(H,20,21)(H,22,23)/b19-11-. The molecule has 0 fully saturated rings. The zero-order valence-electron chi connectivity index (χ0n) is 14.3. The van der Waals surface area contributed by atoms with Crippen molar-refractivity contribution >= 4 is 12.1 Å². The molecule has 0 spiro atoms. The van der Waals surface area contributed by atoms with E-state index < -0.39 is 0 Å². The number of carbonyl (C=O) groups is 1.